The Balaban J connectivity index is 1.39. The monoisotopic (exact) mass is 1070 g/mol. The molecule has 3 atom stereocenters. The fraction of sp³-hybridized carbons (Fsp3) is 0.440. The zero-order valence-electron chi connectivity index (χ0n) is 36.2. The molecule has 0 bridgehead atoms. The molecule has 355 valence electrons. The predicted octanol–water partition coefficient (Wildman–Crippen LogP) is 18.6. The number of alkyl halides is 12. The molecule has 0 radical (unpaired) electrons. The van der Waals surface area contributed by atoms with E-state index in [0.717, 1.165) is 86.8 Å². The summed E-state index contributed by atoms with van der Waals surface area (Å²) in [4.78, 5) is 0. The van der Waals surface area contributed by atoms with Crippen molar-refractivity contribution in [2.75, 3.05) is 0 Å². The number of allylic oxidation sites excluding steroid dienone is 2. The number of hydrogen-bond donors (Lipinski definition) is 0. The van der Waals surface area contributed by atoms with Gasteiger partial charge in [-0.15, -0.1) is 0 Å². The molecular formula is C50H49Cl2F12SiZr. The van der Waals surface area contributed by atoms with Crippen molar-refractivity contribution in [3.63, 3.8) is 0 Å². The van der Waals surface area contributed by atoms with Gasteiger partial charge in [0.1, 0.15) is 0 Å². The van der Waals surface area contributed by atoms with E-state index >= 15 is 0 Å². The van der Waals surface area contributed by atoms with Crippen LogP contribution in [-0.4, -0.2) is 5.92 Å². The third-order valence-electron chi connectivity index (χ3n) is 14.9. The topological polar surface area (TPSA) is 0 Å². The molecule has 0 N–H and O–H groups in total. The van der Waals surface area contributed by atoms with Gasteiger partial charge in [-0.25, -0.2) is 0 Å². The third kappa shape index (κ3) is 9.33. The molecule has 8 rings (SSSR count). The van der Waals surface area contributed by atoms with E-state index in [1.54, 1.807) is 12.1 Å². The average Bonchev–Trinajstić information content (AvgIpc) is 4.07. The Labute approximate surface area is 385 Å². The maximum atomic E-state index is 14.3. The normalized spacial score (nSPS) is 20.8. The minimum atomic E-state index is -5.90. The Morgan fingerprint density at radius 3 is 1.17 bits per heavy atom. The second kappa shape index (κ2) is 17.9. The first-order valence-corrected chi connectivity index (χ1v) is 38.6. The van der Waals surface area contributed by atoms with Crippen LogP contribution in [0, 0.1) is 11.8 Å². The third-order valence-corrected chi connectivity index (χ3v) is 65.3. The zero-order chi connectivity index (χ0) is 47.8. The van der Waals surface area contributed by atoms with Gasteiger partial charge in [0, 0.05) is 0 Å². The summed E-state index contributed by atoms with van der Waals surface area (Å²) in [6, 6.07) is 13.8. The molecule has 3 unspecified atom stereocenters. The van der Waals surface area contributed by atoms with Crippen LogP contribution in [0.3, 0.4) is 0 Å². The molecule has 2 saturated carbocycles. The van der Waals surface area contributed by atoms with E-state index in [4.69, 9.17) is 17.0 Å². The summed E-state index contributed by atoms with van der Waals surface area (Å²) in [7, 11) is 17.7. The van der Waals surface area contributed by atoms with Crippen LogP contribution in [0.25, 0.3) is 34.4 Å². The van der Waals surface area contributed by atoms with Gasteiger partial charge in [-0.3, -0.25) is 0 Å². The van der Waals surface area contributed by atoms with Crippen LogP contribution in [0.1, 0.15) is 129 Å². The second-order valence-electron chi connectivity index (χ2n) is 19.1. The van der Waals surface area contributed by atoms with E-state index in [2.05, 4.69) is 6.55 Å². The Bertz CT molecular complexity index is 2330. The van der Waals surface area contributed by atoms with Crippen LogP contribution < -0.4 is 0 Å². The molecule has 66 heavy (non-hydrogen) atoms. The van der Waals surface area contributed by atoms with Crippen molar-refractivity contribution in [3.8, 4) is 22.3 Å². The number of hydrogen-bond acceptors (Lipinski definition) is 0. The molecule has 4 aliphatic carbocycles. The molecule has 0 aromatic heterocycles. The van der Waals surface area contributed by atoms with Crippen molar-refractivity contribution in [2.24, 2.45) is 11.8 Å². The maximum absolute atomic E-state index is 14.3. The first kappa shape index (κ1) is 49.6. The summed E-state index contributed by atoms with van der Waals surface area (Å²) in [6.07, 6.45) is -7.10. The van der Waals surface area contributed by atoms with Crippen molar-refractivity contribution in [1.82, 2.24) is 0 Å². The molecule has 0 spiro atoms. The van der Waals surface area contributed by atoms with Crippen molar-refractivity contribution in [3.05, 3.63) is 128 Å². The summed E-state index contributed by atoms with van der Waals surface area (Å²) >= 11 is -5.90. The Morgan fingerprint density at radius 2 is 0.864 bits per heavy atom. The van der Waals surface area contributed by atoms with Gasteiger partial charge in [0.25, 0.3) is 0 Å². The van der Waals surface area contributed by atoms with Gasteiger partial charge in [0.2, 0.25) is 0 Å². The van der Waals surface area contributed by atoms with Crippen molar-refractivity contribution in [2.45, 2.75) is 122 Å². The first-order chi connectivity index (χ1) is 30.8. The fourth-order valence-electron chi connectivity index (χ4n) is 11.8. The van der Waals surface area contributed by atoms with Gasteiger partial charge in [0.15, 0.2) is 0 Å². The number of fused-ring (bicyclic) bond motifs is 2. The van der Waals surface area contributed by atoms with E-state index in [0.29, 0.717) is 47.6 Å². The minimum absolute atomic E-state index is 0.107. The van der Waals surface area contributed by atoms with Crippen LogP contribution in [0.4, 0.5) is 52.7 Å². The van der Waals surface area contributed by atoms with E-state index in [1.807, 2.05) is 31.2 Å². The van der Waals surface area contributed by atoms with E-state index < -0.39 is 75.7 Å². The van der Waals surface area contributed by atoms with Crippen LogP contribution in [-0.2, 0) is 40.3 Å². The van der Waals surface area contributed by atoms with E-state index in [1.165, 1.54) is 12.1 Å². The summed E-state index contributed by atoms with van der Waals surface area (Å²) in [5.74, 6) is -1.94. The summed E-state index contributed by atoms with van der Waals surface area (Å²) in [6.45, 7) is 4.17. The molecule has 4 aliphatic rings. The van der Waals surface area contributed by atoms with Crippen molar-refractivity contribution >= 4 is 35.1 Å². The van der Waals surface area contributed by atoms with Crippen LogP contribution in [0.2, 0.25) is 12.6 Å². The van der Waals surface area contributed by atoms with Gasteiger partial charge in [-0.1, -0.05) is 0 Å². The Hall–Kier alpha value is -2.80. The van der Waals surface area contributed by atoms with E-state index in [9.17, 15) is 52.7 Å². The van der Waals surface area contributed by atoms with Crippen molar-refractivity contribution < 1.29 is 68.2 Å². The molecule has 2 fully saturated rings. The summed E-state index contributed by atoms with van der Waals surface area (Å²) in [5, 5.41) is 0. The van der Waals surface area contributed by atoms with Gasteiger partial charge in [-0.05, 0) is 0 Å². The zero-order valence-corrected chi connectivity index (χ0v) is 41.4. The Morgan fingerprint density at radius 1 is 0.530 bits per heavy atom. The SMILES string of the molecule is CCC[SiH](C)[Zr]([Cl])([Cl])([CH]1C(CC2CCCC2)=Cc2c(-c3cc(C(F)(F)F)cc(C(F)(F)F)c3)cccc21)[CH]1C(CC2CCCC2)=Cc2c(-c3cc(C(F)(F)F)cc(C(F)(F)F)c3)cccc21. The summed E-state index contributed by atoms with van der Waals surface area (Å²) < 4.78 is 170. The molecule has 0 saturated heterocycles. The van der Waals surface area contributed by atoms with Crippen LogP contribution >= 0.6 is 17.0 Å². The number of rotatable bonds is 11. The van der Waals surface area contributed by atoms with Gasteiger partial charge in [0.05, 0.1) is 0 Å². The van der Waals surface area contributed by atoms with Gasteiger partial charge in [-0.2, -0.15) is 0 Å². The summed E-state index contributed by atoms with van der Waals surface area (Å²) in [5.41, 5.74) is -2.00. The Kier molecular flexibility index (Phi) is 13.4. The molecule has 0 heterocycles. The van der Waals surface area contributed by atoms with Crippen LogP contribution in [0.5, 0.6) is 0 Å². The molecule has 16 heteroatoms. The van der Waals surface area contributed by atoms with Crippen molar-refractivity contribution in [1.29, 1.82) is 0 Å². The number of benzene rings is 4. The first-order valence-electron chi connectivity index (χ1n) is 22.6. The fourth-order valence-corrected chi connectivity index (χ4v) is 53.1. The molecule has 0 nitrogen and oxygen atoms in total. The molecule has 0 aliphatic heterocycles. The van der Waals surface area contributed by atoms with Crippen LogP contribution in [0.15, 0.2) is 83.9 Å². The predicted molar refractivity (Wildman–Crippen MR) is 238 cm³/mol. The molecule has 0 amide bonds. The average molecular weight is 1070 g/mol. The quantitative estimate of drug-likeness (QED) is 0.104. The molecule has 4 aromatic carbocycles. The molecule has 4 aromatic rings. The number of halogens is 14. The standard InChI is InChI=1S/2C23H19F6.C4H11Si.2ClH.Zr/c2*24-22(25,26)18-11-17(12-19(13-18)23(27,28)29)20-7-3-6-16-9-15(10-21(16)20)8-14-4-1-2-5-14;1-3-4-5-2;;;/h2*3,6-7,9-14H,1-2,4-5,8H2;5H,3-4H2,1-2H3;2*1H;/q;;;;;+2/p-2. The van der Waals surface area contributed by atoms with Gasteiger partial charge < -0.3 is 0 Å². The molecular weight excluding hydrogens is 1020 g/mol. The van der Waals surface area contributed by atoms with Gasteiger partial charge >= 0.3 is 388 Å². The second-order valence-corrected chi connectivity index (χ2v) is 60.5. The van der Waals surface area contributed by atoms with E-state index in [-0.39, 0.29) is 46.2 Å².